The molecule has 1 radical (unpaired) electrons. The van der Waals surface area contributed by atoms with Crippen molar-refractivity contribution in [2.24, 2.45) is 0 Å². The molecule has 0 aliphatic rings. The third-order valence-corrected chi connectivity index (χ3v) is 0.478. The fourth-order valence-corrected chi connectivity index (χ4v) is 0.253. The minimum absolute atomic E-state index is 0. The summed E-state index contributed by atoms with van der Waals surface area (Å²) < 4.78 is 0. The van der Waals surface area contributed by atoms with Crippen molar-refractivity contribution in [3.05, 3.63) is 24.8 Å². The van der Waals surface area contributed by atoms with Gasteiger partial charge in [0.05, 0.1) is 0 Å². The fraction of sp³-hybridized carbons (Fsp3) is 0. The summed E-state index contributed by atoms with van der Waals surface area (Å²) in [5.41, 5.74) is 0. The van der Waals surface area contributed by atoms with Crippen molar-refractivity contribution in [2.75, 3.05) is 0 Å². The molecule has 0 aliphatic carbocycles. The first-order valence-corrected chi connectivity index (χ1v) is 1.70. The molecule has 0 saturated heterocycles. The molecule has 7 heavy (non-hydrogen) atoms. The molecule has 0 fully saturated rings. The van der Waals surface area contributed by atoms with Gasteiger partial charge in [0.25, 0.3) is 0 Å². The minimum atomic E-state index is 0. The molecule has 0 bridgehead atoms. The van der Waals surface area contributed by atoms with Gasteiger partial charge in [-0.15, -0.1) is 0 Å². The van der Waals surface area contributed by atoms with Gasteiger partial charge in [-0.05, 0) is 0 Å². The van der Waals surface area contributed by atoms with Gasteiger partial charge in [-0.3, -0.25) is 9.97 Å². The number of nitrogens with zero attached hydrogens (tertiary/aromatic N) is 2. The second kappa shape index (κ2) is 3.78. The van der Waals surface area contributed by atoms with Crippen LogP contribution in [0.5, 0.6) is 0 Å². The maximum absolute atomic E-state index is 3.72. The summed E-state index contributed by atoms with van der Waals surface area (Å²) in [6.07, 6.45) is 6.56. The van der Waals surface area contributed by atoms with Crippen LogP contribution in [0.3, 0.4) is 0 Å². The average molecular weight is 135 g/mol. The molecule has 0 unspecified atom stereocenters. The molecule has 37 valence electrons. The van der Waals surface area contributed by atoms with Gasteiger partial charge in [-0.1, -0.05) is 0 Å². The monoisotopic (exact) mass is 135 g/mol. The molecule has 0 saturated carbocycles. The SMILES string of the molecule is [Mn].c1cnccn1. The van der Waals surface area contributed by atoms with Crippen molar-refractivity contribution >= 4 is 0 Å². The summed E-state index contributed by atoms with van der Waals surface area (Å²) in [5.74, 6) is 0. The second-order valence-electron chi connectivity index (χ2n) is 0.894. The maximum Gasteiger partial charge on any atom is 0.0451 e. The van der Waals surface area contributed by atoms with Gasteiger partial charge in [-0.25, -0.2) is 0 Å². The Bertz CT molecular complexity index is 81.6. The molecule has 0 spiro atoms. The number of hydrogen-bond acceptors (Lipinski definition) is 2. The molecular weight excluding hydrogens is 131 g/mol. The average Bonchev–Trinajstić information content (AvgIpc) is 1.72. The Balaban J connectivity index is 0.000000360. The molecule has 0 N–H and O–H groups in total. The zero-order valence-electron chi connectivity index (χ0n) is 3.58. The minimum Gasteiger partial charge on any atom is -0.262 e. The first-order chi connectivity index (χ1) is 3.00. The molecule has 3 heteroatoms. The van der Waals surface area contributed by atoms with Crippen LogP contribution in [0.25, 0.3) is 0 Å². The van der Waals surface area contributed by atoms with Crippen molar-refractivity contribution in [1.29, 1.82) is 0 Å². The first kappa shape index (κ1) is 6.60. The van der Waals surface area contributed by atoms with E-state index in [9.17, 15) is 0 Å². The summed E-state index contributed by atoms with van der Waals surface area (Å²) in [6.45, 7) is 0. The van der Waals surface area contributed by atoms with E-state index in [0.717, 1.165) is 0 Å². The van der Waals surface area contributed by atoms with E-state index in [2.05, 4.69) is 9.97 Å². The van der Waals surface area contributed by atoms with Gasteiger partial charge in [0.15, 0.2) is 0 Å². The van der Waals surface area contributed by atoms with Crippen LogP contribution in [-0.2, 0) is 17.1 Å². The van der Waals surface area contributed by atoms with E-state index in [4.69, 9.17) is 0 Å². The third kappa shape index (κ3) is 2.31. The van der Waals surface area contributed by atoms with E-state index in [0.29, 0.717) is 0 Å². The Kier molecular flexibility index (Phi) is 3.56. The summed E-state index contributed by atoms with van der Waals surface area (Å²) in [6, 6.07) is 0. The predicted molar refractivity (Wildman–Crippen MR) is 22.0 cm³/mol. The normalized spacial score (nSPS) is 6.86. The molecular formula is C4H4MnN2. The van der Waals surface area contributed by atoms with Crippen LogP contribution in [0.15, 0.2) is 24.8 Å². The Labute approximate surface area is 52.5 Å². The second-order valence-corrected chi connectivity index (χ2v) is 0.894. The van der Waals surface area contributed by atoms with E-state index >= 15 is 0 Å². The van der Waals surface area contributed by atoms with Crippen LogP contribution in [-0.4, -0.2) is 9.97 Å². The van der Waals surface area contributed by atoms with E-state index in [-0.39, 0.29) is 17.1 Å². The van der Waals surface area contributed by atoms with Gasteiger partial charge < -0.3 is 0 Å². The number of aromatic nitrogens is 2. The molecule has 1 aromatic heterocycles. The van der Waals surface area contributed by atoms with Gasteiger partial charge >= 0.3 is 0 Å². The van der Waals surface area contributed by atoms with Crippen LogP contribution in [0, 0.1) is 0 Å². The molecule has 0 amide bonds. The van der Waals surface area contributed by atoms with E-state index in [1.807, 2.05) is 0 Å². The van der Waals surface area contributed by atoms with Gasteiger partial charge in [-0.2, -0.15) is 0 Å². The molecule has 0 aromatic carbocycles. The molecule has 1 heterocycles. The van der Waals surface area contributed by atoms with E-state index in [1.165, 1.54) is 0 Å². The van der Waals surface area contributed by atoms with Gasteiger partial charge in [0.2, 0.25) is 0 Å². The standard InChI is InChI=1S/C4H4N2.Mn/c1-2-6-4-3-5-1;/h1-4H;. The third-order valence-electron chi connectivity index (χ3n) is 0.478. The van der Waals surface area contributed by atoms with Crippen molar-refractivity contribution in [3.63, 3.8) is 0 Å². The zero-order valence-corrected chi connectivity index (χ0v) is 4.76. The quantitative estimate of drug-likeness (QED) is 0.483. The Morgan fingerprint density at radius 3 is 1.14 bits per heavy atom. The zero-order chi connectivity index (χ0) is 4.24. The summed E-state index contributed by atoms with van der Waals surface area (Å²) in [7, 11) is 0. The van der Waals surface area contributed by atoms with Crippen LogP contribution in [0.1, 0.15) is 0 Å². The van der Waals surface area contributed by atoms with Crippen LogP contribution in [0.2, 0.25) is 0 Å². The van der Waals surface area contributed by atoms with E-state index in [1.54, 1.807) is 24.8 Å². The molecule has 2 nitrogen and oxygen atoms in total. The largest absolute Gasteiger partial charge is 0.262 e. The van der Waals surface area contributed by atoms with Crippen molar-refractivity contribution in [3.8, 4) is 0 Å². The Morgan fingerprint density at radius 2 is 1.00 bits per heavy atom. The van der Waals surface area contributed by atoms with Crippen LogP contribution in [0.4, 0.5) is 0 Å². The van der Waals surface area contributed by atoms with E-state index < -0.39 is 0 Å². The summed E-state index contributed by atoms with van der Waals surface area (Å²) in [5, 5.41) is 0. The molecule has 1 rings (SSSR count). The predicted octanol–water partition coefficient (Wildman–Crippen LogP) is 0.474. The Hall–Kier alpha value is -0.401. The topological polar surface area (TPSA) is 25.8 Å². The smallest absolute Gasteiger partial charge is 0.0451 e. The number of hydrogen-bond donors (Lipinski definition) is 0. The fourth-order valence-electron chi connectivity index (χ4n) is 0.253. The molecule has 0 atom stereocenters. The van der Waals surface area contributed by atoms with Crippen LogP contribution < -0.4 is 0 Å². The molecule has 0 aliphatic heterocycles. The Morgan fingerprint density at radius 1 is 0.714 bits per heavy atom. The van der Waals surface area contributed by atoms with Crippen LogP contribution >= 0.6 is 0 Å². The van der Waals surface area contributed by atoms with Crippen molar-refractivity contribution in [2.45, 2.75) is 0 Å². The summed E-state index contributed by atoms with van der Waals surface area (Å²) in [4.78, 5) is 7.44. The number of rotatable bonds is 0. The van der Waals surface area contributed by atoms with Gasteiger partial charge in [0.1, 0.15) is 0 Å². The van der Waals surface area contributed by atoms with Crippen molar-refractivity contribution in [1.82, 2.24) is 9.97 Å². The molecule has 1 aromatic rings. The van der Waals surface area contributed by atoms with Crippen molar-refractivity contribution < 1.29 is 17.1 Å². The summed E-state index contributed by atoms with van der Waals surface area (Å²) >= 11 is 0. The van der Waals surface area contributed by atoms with Gasteiger partial charge in [0, 0.05) is 41.9 Å². The first-order valence-electron chi connectivity index (χ1n) is 1.70. The maximum atomic E-state index is 3.72.